The van der Waals surface area contributed by atoms with Gasteiger partial charge < -0.3 is 9.88 Å². The number of nitrogens with one attached hydrogen (secondary N) is 1. The molecule has 0 spiro atoms. The summed E-state index contributed by atoms with van der Waals surface area (Å²) >= 11 is 0. The monoisotopic (exact) mass is 197 g/mol. The van der Waals surface area contributed by atoms with Gasteiger partial charge in [0.25, 0.3) is 0 Å². The number of aryl methyl sites for hydroxylation is 1. The fourth-order valence-electron chi connectivity index (χ4n) is 1.56. The lowest BCUT2D eigenvalue weighted by atomic mass is 10.2. The average Bonchev–Trinajstić information content (AvgIpc) is 2.49. The van der Waals surface area contributed by atoms with Crippen molar-refractivity contribution in [2.75, 3.05) is 7.05 Å². The quantitative estimate of drug-likeness (QED) is 0.749. The van der Waals surface area contributed by atoms with Gasteiger partial charge in [-0.05, 0) is 13.5 Å². The second-order valence-electron chi connectivity index (χ2n) is 3.62. The molecule has 1 rings (SSSR count). The highest BCUT2D eigenvalue weighted by atomic mass is 16.1. The molecule has 0 amide bonds. The van der Waals surface area contributed by atoms with Gasteiger partial charge in [0, 0.05) is 32.0 Å². The predicted octanol–water partition coefficient (Wildman–Crippen LogP) is 0.575. The Labute approximate surface area is 84.5 Å². The lowest BCUT2D eigenvalue weighted by molar-refractivity contribution is 0.440. The van der Waals surface area contributed by atoms with Crippen LogP contribution in [0.25, 0.3) is 0 Å². The fourth-order valence-corrected chi connectivity index (χ4v) is 1.56. The van der Waals surface area contributed by atoms with Crippen molar-refractivity contribution in [1.82, 2.24) is 14.5 Å². The van der Waals surface area contributed by atoms with Crippen LogP contribution in [0.4, 0.5) is 0 Å². The summed E-state index contributed by atoms with van der Waals surface area (Å²) in [5, 5.41) is 3.22. The van der Waals surface area contributed by atoms with Crippen LogP contribution in [-0.4, -0.2) is 22.2 Å². The minimum Gasteiger partial charge on any atom is -0.315 e. The highest BCUT2D eigenvalue weighted by molar-refractivity contribution is 4.81. The number of likely N-dealkylation sites (N-methyl/N-ethyl adjacent to an activating group) is 1. The molecule has 1 aromatic rings. The molecule has 4 nitrogen and oxygen atoms in total. The summed E-state index contributed by atoms with van der Waals surface area (Å²) < 4.78 is 3.34. The Bertz CT molecular complexity index is 326. The van der Waals surface area contributed by atoms with E-state index >= 15 is 0 Å². The van der Waals surface area contributed by atoms with Gasteiger partial charge in [0.2, 0.25) is 0 Å². The molecule has 1 atom stereocenters. The predicted molar refractivity (Wildman–Crippen MR) is 57.4 cm³/mol. The van der Waals surface area contributed by atoms with E-state index < -0.39 is 0 Å². The Kier molecular flexibility index (Phi) is 3.95. The number of nitrogens with zero attached hydrogens (tertiary/aromatic N) is 2. The van der Waals surface area contributed by atoms with Crippen LogP contribution in [0.1, 0.15) is 19.8 Å². The van der Waals surface area contributed by atoms with E-state index in [1.807, 2.05) is 13.2 Å². The molecule has 1 N–H and O–H groups in total. The van der Waals surface area contributed by atoms with Crippen LogP contribution in [0.5, 0.6) is 0 Å². The lowest BCUT2D eigenvalue weighted by Gasteiger charge is -2.14. The molecule has 0 bridgehead atoms. The van der Waals surface area contributed by atoms with Crippen LogP contribution >= 0.6 is 0 Å². The van der Waals surface area contributed by atoms with Gasteiger partial charge in [0.1, 0.15) is 0 Å². The zero-order chi connectivity index (χ0) is 10.6. The first-order valence-corrected chi connectivity index (χ1v) is 5.08. The van der Waals surface area contributed by atoms with Crippen molar-refractivity contribution in [1.29, 1.82) is 0 Å². The third-order valence-corrected chi connectivity index (χ3v) is 2.48. The molecule has 1 unspecified atom stereocenters. The van der Waals surface area contributed by atoms with Crippen molar-refractivity contribution in [3.8, 4) is 0 Å². The molecular formula is C10H19N3O. The van der Waals surface area contributed by atoms with Crippen LogP contribution in [0.3, 0.4) is 0 Å². The maximum atomic E-state index is 11.5. The Morgan fingerprint density at radius 2 is 2.21 bits per heavy atom. The molecule has 0 saturated carbocycles. The molecule has 0 saturated heterocycles. The molecule has 0 radical (unpaired) electrons. The largest absolute Gasteiger partial charge is 0.327 e. The van der Waals surface area contributed by atoms with E-state index in [0.717, 1.165) is 19.4 Å². The molecule has 0 aliphatic heterocycles. The molecule has 14 heavy (non-hydrogen) atoms. The molecule has 0 aromatic carbocycles. The Morgan fingerprint density at radius 1 is 1.50 bits per heavy atom. The van der Waals surface area contributed by atoms with E-state index in [4.69, 9.17) is 0 Å². The SMILES string of the molecule is CCCC(Cn1ccn(C)c1=O)NC. The second-order valence-corrected chi connectivity index (χ2v) is 3.62. The van der Waals surface area contributed by atoms with Crippen molar-refractivity contribution >= 4 is 0 Å². The summed E-state index contributed by atoms with van der Waals surface area (Å²) in [6, 6.07) is 0.389. The Hall–Kier alpha value is -1.03. The third kappa shape index (κ3) is 2.48. The van der Waals surface area contributed by atoms with Crippen molar-refractivity contribution in [3.05, 3.63) is 22.9 Å². The maximum Gasteiger partial charge on any atom is 0.327 e. The smallest absolute Gasteiger partial charge is 0.315 e. The molecule has 0 aliphatic carbocycles. The maximum absolute atomic E-state index is 11.5. The van der Waals surface area contributed by atoms with Crippen molar-refractivity contribution in [2.24, 2.45) is 7.05 Å². The van der Waals surface area contributed by atoms with Crippen molar-refractivity contribution in [3.63, 3.8) is 0 Å². The molecule has 1 aromatic heterocycles. The summed E-state index contributed by atoms with van der Waals surface area (Å²) in [5.41, 5.74) is 0.0568. The topological polar surface area (TPSA) is 39.0 Å². The van der Waals surface area contributed by atoms with Gasteiger partial charge >= 0.3 is 5.69 Å². The van der Waals surface area contributed by atoms with Gasteiger partial charge in [0.05, 0.1) is 0 Å². The molecule has 0 aliphatic rings. The lowest BCUT2D eigenvalue weighted by Crippen LogP contribution is -2.34. The number of aromatic nitrogens is 2. The van der Waals surface area contributed by atoms with Gasteiger partial charge in [-0.3, -0.25) is 4.57 Å². The van der Waals surface area contributed by atoms with E-state index in [1.165, 1.54) is 0 Å². The normalized spacial score (nSPS) is 13.1. The van der Waals surface area contributed by atoms with Gasteiger partial charge in [-0.25, -0.2) is 4.79 Å². The molecule has 1 heterocycles. The molecule has 0 fully saturated rings. The summed E-state index contributed by atoms with van der Waals surface area (Å²) in [6.45, 7) is 2.90. The number of imidazole rings is 1. The van der Waals surface area contributed by atoms with E-state index in [9.17, 15) is 4.79 Å². The first-order chi connectivity index (χ1) is 6.69. The first-order valence-electron chi connectivity index (χ1n) is 5.08. The van der Waals surface area contributed by atoms with E-state index in [2.05, 4.69) is 12.2 Å². The van der Waals surface area contributed by atoms with Crippen LogP contribution < -0.4 is 11.0 Å². The van der Waals surface area contributed by atoms with Gasteiger partial charge in [-0.1, -0.05) is 13.3 Å². The number of rotatable bonds is 5. The summed E-state index contributed by atoms with van der Waals surface area (Å²) in [6.07, 6.45) is 5.86. The number of hydrogen-bond donors (Lipinski definition) is 1. The molecule has 4 heteroatoms. The number of hydrogen-bond acceptors (Lipinski definition) is 2. The van der Waals surface area contributed by atoms with Gasteiger partial charge in [0.15, 0.2) is 0 Å². The van der Waals surface area contributed by atoms with E-state index in [-0.39, 0.29) is 5.69 Å². The Morgan fingerprint density at radius 3 is 2.64 bits per heavy atom. The first kappa shape index (κ1) is 11.0. The van der Waals surface area contributed by atoms with E-state index in [0.29, 0.717) is 6.04 Å². The van der Waals surface area contributed by atoms with Crippen LogP contribution in [0.15, 0.2) is 17.2 Å². The van der Waals surface area contributed by atoms with Gasteiger partial charge in [-0.15, -0.1) is 0 Å². The highest BCUT2D eigenvalue weighted by Crippen LogP contribution is 1.98. The van der Waals surface area contributed by atoms with Crippen molar-refractivity contribution in [2.45, 2.75) is 32.4 Å². The van der Waals surface area contributed by atoms with E-state index in [1.54, 1.807) is 22.4 Å². The van der Waals surface area contributed by atoms with Crippen molar-refractivity contribution < 1.29 is 0 Å². The Balaban J connectivity index is 2.67. The fraction of sp³-hybridized carbons (Fsp3) is 0.700. The van der Waals surface area contributed by atoms with Crippen LogP contribution in [0, 0.1) is 0 Å². The molecule has 80 valence electrons. The highest BCUT2D eigenvalue weighted by Gasteiger charge is 2.07. The summed E-state index contributed by atoms with van der Waals surface area (Å²) in [7, 11) is 3.71. The second kappa shape index (κ2) is 5.00. The minimum atomic E-state index is 0.0568. The average molecular weight is 197 g/mol. The zero-order valence-electron chi connectivity index (χ0n) is 9.16. The molecular weight excluding hydrogens is 178 g/mol. The zero-order valence-corrected chi connectivity index (χ0v) is 9.16. The van der Waals surface area contributed by atoms with Crippen LogP contribution in [0.2, 0.25) is 0 Å². The third-order valence-electron chi connectivity index (χ3n) is 2.48. The van der Waals surface area contributed by atoms with Crippen LogP contribution in [-0.2, 0) is 13.6 Å². The minimum absolute atomic E-state index is 0.0568. The summed E-state index contributed by atoms with van der Waals surface area (Å²) in [4.78, 5) is 11.5. The summed E-state index contributed by atoms with van der Waals surface area (Å²) in [5.74, 6) is 0. The van der Waals surface area contributed by atoms with Gasteiger partial charge in [-0.2, -0.15) is 0 Å². The standard InChI is InChI=1S/C10H19N3O/c1-4-5-9(11-2)8-13-7-6-12(3)10(13)14/h6-7,9,11H,4-5,8H2,1-3H3.